The minimum absolute atomic E-state index is 0.218. The molecule has 0 atom stereocenters. The van der Waals surface area contributed by atoms with Gasteiger partial charge in [-0.3, -0.25) is 0 Å². The Morgan fingerprint density at radius 3 is 2.55 bits per heavy atom. The molecule has 5 nitrogen and oxygen atoms in total. The number of nitrogens with zero attached hydrogens (tertiary/aromatic N) is 1. The highest BCUT2D eigenvalue weighted by molar-refractivity contribution is 5.68. The molecule has 0 radical (unpaired) electrons. The molecule has 22 heavy (non-hydrogen) atoms. The van der Waals surface area contributed by atoms with E-state index in [0.29, 0.717) is 18.8 Å². The molecule has 0 saturated heterocycles. The molecule has 0 aliphatic heterocycles. The van der Waals surface area contributed by atoms with Crippen LogP contribution in [0.15, 0.2) is 24.3 Å². The molecule has 0 unspecified atom stereocenters. The molecular weight excluding hydrogens is 280 g/mol. The average molecular weight is 300 g/mol. The second-order valence-electron chi connectivity index (χ2n) is 5.44. The number of benzene rings is 1. The Bertz CT molecular complexity index is 584. The zero-order valence-corrected chi connectivity index (χ0v) is 13.1. The van der Waals surface area contributed by atoms with E-state index in [1.165, 1.54) is 0 Å². The summed E-state index contributed by atoms with van der Waals surface area (Å²) in [5, 5.41) is 11.0. The summed E-state index contributed by atoms with van der Waals surface area (Å²) in [4.78, 5) is 11.4. The van der Waals surface area contributed by atoms with Crippen molar-refractivity contribution in [2.75, 3.05) is 13.2 Å². The number of nitrogens with one attached hydrogen (secondary N) is 1. The number of carbonyl (C=O) groups is 1. The molecule has 5 heteroatoms. The van der Waals surface area contributed by atoms with Crippen LogP contribution in [0.3, 0.4) is 0 Å². The third kappa shape index (κ3) is 7.81. The molecule has 1 aromatic carbocycles. The van der Waals surface area contributed by atoms with Crippen molar-refractivity contribution in [3.63, 3.8) is 0 Å². The van der Waals surface area contributed by atoms with Gasteiger partial charge in [-0.1, -0.05) is 11.8 Å². The van der Waals surface area contributed by atoms with Gasteiger partial charge in [-0.25, -0.2) is 4.79 Å². The van der Waals surface area contributed by atoms with Crippen molar-refractivity contribution in [1.29, 1.82) is 5.26 Å². The van der Waals surface area contributed by atoms with Crippen molar-refractivity contribution in [2.24, 2.45) is 0 Å². The van der Waals surface area contributed by atoms with Crippen molar-refractivity contribution in [3.8, 4) is 23.7 Å². The van der Waals surface area contributed by atoms with Crippen LogP contribution in [-0.2, 0) is 4.74 Å². The Kier molecular flexibility index (Phi) is 6.79. The van der Waals surface area contributed by atoms with Gasteiger partial charge in [0, 0.05) is 5.56 Å². The first kappa shape index (κ1) is 17.4. The van der Waals surface area contributed by atoms with Gasteiger partial charge in [0.05, 0.1) is 19.0 Å². The summed E-state index contributed by atoms with van der Waals surface area (Å²) in [5.41, 5.74) is 0.303. The first-order valence-electron chi connectivity index (χ1n) is 6.96. The predicted molar refractivity (Wildman–Crippen MR) is 83.3 cm³/mol. The van der Waals surface area contributed by atoms with E-state index < -0.39 is 11.7 Å². The standard InChI is InChI=1S/C17H20N2O3/c1-17(2,3)22-16(20)19-12-4-6-14-7-9-15(10-8-14)21-13-5-11-18/h7-10H,5,12-13H2,1-3H3,(H,19,20). The molecule has 0 fully saturated rings. The molecule has 0 aliphatic carbocycles. The highest BCUT2D eigenvalue weighted by Crippen LogP contribution is 2.11. The van der Waals surface area contributed by atoms with E-state index in [9.17, 15) is 4.79 Å². The van der Waals surface area contributed by atoms with Crippen LogP contribution < -0.4 is 10.1 Å². The first-order valence-corrected chi connectivity index (χ1v) is 6.96. The molecular formula is C17H20N2O3. The molecule has 1 amide bonds. The Labute approximate surface area is 131 Å². The minimum atomic E-state index is -0.515. The molecule has 0 aliphatic rings. The number of rotatable bonds is 4. The number of nitriles is 1. The van der Waals surface area contributed by atoms with E-state index in [1.807, 2.05) is 18.2 Å². The molecule has 116 valence electrons. The maximum atomic E-state index is 11.4. The summed E-state index contributed by atoms with van der Waals surface area (Å²) in [6.07, 6.45) is -0.124. The molecule has 1 rings (SSSR count). The SMILES string of the molecule is CC(C)(C)OC(=O)NCC#Cc1ccc(OCCC#N)cc1. The molecule has 0 saturated carbocycles. The first-order chi connectivity index (χ1) is 10.4. The molecule has 0 bridgehead atoms. The van der Waals surface area contributed by atoms with Crippen LogP contribution in [0.1, 0.15) is 32.8 Å². The van der Waals surface area contributed by atoms with Gasteiger partial charge >= 0.3 is 6.09 Å². The van der Waals surface area contributed by atoms with E-state index in [4.69, 9.17) is 14.7 Å². The van der Waals surface area contributed by atoms with E-state index >= 15 is 0 Å². The fourth-order valence-electron chi connectivity index (χ4n) is 1.43. The second-order valence-corrected chi connectivity index (χ2v) is 5.44. The summed E-state index contributed by atoms with van der Waals surface area (Å²) in [6, 6.07) is 9.25. The van der Waals surface area contributed by atoms with Crippen molar-refractivity contribution in [3.05, 3.63) is 29.8 Å². The zero-order chi connectivity index (χ0) is 16.4. The maximum Gasteiger partial charge on any atom is 0.408 e. The lowest BCUT2D eigenvalue weighted by molar-refractivity contribution is 0.0535. The van der Waals surface area contributed by atoms with E-state index in [2.05, 4.69) is 17.2 Å². The van der Waals surface area contributed by atoms with Gasteiger partial charge in [0.15, 0.2) is 0 Å². The van der Waals surface area contributed by atoms with Gasteiger partial charge in [0.1, 0.15) is 18.0 Å². The summed E-state index contributed by atoms with van der Waals surface area (Å²) in [5.74, 6) is 6.47. The van der Waals surface area contributed by atoms with Crippen LogP contribution in [-0.4, -0.2) is 24.8 Å². The number of hydrogen-bond donors (Lipinski definition) is 1. The van der Waals surface area contributed by atoms with Crippen LogP contribution in [0.2, 0.25) is 0 Å². The van der Waals surface area contributed by atoms with Gasteiger partial charge in [0.2, 0.25) is 0 Å². The smallest absolute Gasteiger partial charge is 0.408 e. The highest BCUT2D eigenvalue weighted by atomic mass is 16.6. The Hall–Kier alpha value is -2.66. The fourth-order valence-corrected chi connectivity index (χ4v) is 1.43. The van der Waals surface area contributed by atoms with Crippen LogP contribution in [0.25, 0.3) is 0 Å². The van der Waals surface area contributed by atoms with Crippen molar-refractivity contribution >= 4 is 6.09 Å². The molecule has 1 N–H and O–H groups in total. The fraction of sp³-hybridized carbons (Fsp3) is 0.412. The highest BCUT2D eigenvalue weighted by Gasteiger charge is 2.14. The van der Waals surface area contributed by atoms with Gasteiger partial charge < -0.3 is 14.8 Å². The van der Waals surface area contributed by atoms with Crippen molar-refractivity contribution < 1.29 is 14.3 Å². The van der Waals surface area contributed by atoms with Crippen molar-refractivity contribution in [2.45, 2.75) is 32.8 Å². The third-order valence-corrected chi connectivity index (χ3v) is 2.29. The zero-order valence-electron chi connectivity index (χ0n) is 13.1. The van der Waals surface area contributed by atoms with Crippen LogP contribution >= 0.6 is 0 Å². The Morgan fingerprint density at radius 2 is 1.95 bits per heavy atom. The lowest BCUT2D eigenvalue weighted by Gasteiger charge is -2.18. The minimum Gasteiger partial charge on any atom is -0.493 e. The topological polar surface area (TPSA) is 71.3 Å². The number of ether oxygens (including phenoxy) is 2. The molecule has 0 spiro atoms. The van der Waals surface area contributed by atoms with Crippen molar-refractivity contribution in [1.82, 2.24) is 5.32 Å². The van der Waals surface area contributed by atoms with Gasteiger partial charge in [0.25, 0.3) is 0 Å². The average Bonchev–Trinajstić information content (AvgIpc) is 2.43. The monoisotopic (exact) mass is 300 g/mol. The molecule has 0 heterocycles. The van der Waals surface area contributed by atoms with Gasteiger partial charge in [-0.05, 0) is 45.0 Å². The summed E-state index contributed by atoms with van der Waals surface area (Å²) >= 11 is 0. The van der Waals surface area contributed by atoms with Gasteiger partial charge in [-0.2, -0.15) is 5.26 Å². The third-order valence-electron chi connectivity index (χ3n) is 2.29. The van der Waals surface area contributed by atoms with E-state index in [1.54, 1.807) is 32.9 Å². The second kappa shape index (κ2) is 8.59. The van der Waals surface area contributed by atoms with E-state index in [-0.39, 0.29) is 6.54 Å². The summed E-state index contributed by atoms with van der Waals surface area (Å²) in [7, 11) is 0. The largest absolute Gasteiger partial charge is 0.493 e. The number of alkyl carbamates (subject to hydrolysis) is 1. The lowest BCUT2D eigenvalue weighted by atomic mass is 10.2. The van der Waals surface area contributed by atoms with Crippen LogP contribution in [0, 0.1) is 23.2 Å². The predicted octanol–water partition coefficient (Wildman–Crippen LogP) is 2.86. The van der Waals surface area contributed by atoms with E-state index in [0.717, 1.165) is 5.56 Å². The molecule has 1 aromatic rings. The Morgan fingerprint density at radius 1 is 1.27 bits per heavy atom. The number of hydrogen-bond acceptors (Lipinski definition) is 4. The quantitative estimate of drug-likeness (QED) is 0.685. The van der Waals surface area contributed by atoms with Crippen LogP contribution in [0.4, 0.5) is 4.79 Å². The number of amides is 1. The number of carbonyl (C=O) groups excluding carboxylic acids is 1. The normalized spacial score (nSPS) is 9.91. The van der Waals surface area contributed by atoms with Crippen LogP contribution in [0.5, 0.6) is 5.75 Å². The van der Waals surface area contributed by atoms with Gasteiger partial charge in [-0.15, -0.1) is 0 Å². The summed E-state index contributed by atoms with van der Waals surface area (Å²) < 4.78 is 10.5. The Balaban J connectivity index is 2.39. The lowest BCUT2D eigenvalue weighted by Crippen LogP contribution is -2.32. The summed E-state index contributed by atoms with van der Waals surface area (Å²) in [6.45, 7) is 6.01. The maximum absolute atomic E-state index is 11.4. The molecule has 0 aromatic heterocycles.